The second-order valence-corrected chi connectivity index (χ2v) is 12.9. The van der Waals surface area contributed by atoms with Gasteiger partial charge in [0.05, 0.1) is 6.61 Å². The van der Waals surface area contributed by atoms with Crippen LogP contribution in [-0.2, 0) is 19.1 Å². The highest BCUT2D eigenvalue weighted by Crippen LogP contribution is 2.17. The van der Waals surface area contributed by atoms with E-state index in [0.29, 0.717) is 19.4 Å². The molecule has 0 radical (unpaired) electrons. The highest BCUT2D eigenvalue weighted by molar-refractivity contribution is 5.79. The molecule has 0 heterocycles. The molecule has 4 heteroatoms. The molecule has 0 aromatic carbocycles. The fourth-order valence-electron chi connectivity index (χ4n) is 5.69. The molecular weight excluding hydrogens is 520 g/mol. The van der Waals surface area contributed by atoms with Crippen LogP contribution in [0.1, 0.15) is 220 Å². The molecule has 0 aliphatic carbocycles. The third-order valence-corrected chi connectivity index (χ3v) is 8.58. The minimum atomic E-state index is -0.728. The smallest absolute Gasteiger partial charge is 0.347 e. The fraction of sp³-hybridized carbons (Fsp3) is 0.947. The topological polar surface area (TPSA) is 52.6 Å². The molecule has 1 unspecified atom stereocenters. The highest BCUT2D eigenvalue weighted by Gasteiger charge is 2.24. The molecule has 0 aromatic rings. The van der Waals surface area contributed by atoms with Crippen molar-refractivity contribution in [3.05, 3.63) is 0 Å². The zero-order valence-electron chi connectivity index (χ0n) is 28.8. The molecule has 0 N–H and O–H groups in total. The van der Waals surface area contributed by atoms with Gasteiger partial charge in [-0.2, -0.15) is 0 Å². The number of rotatable bonds is 34. The molecule has 0 aromatic heterocycles. The molecule has 0 rings (SSSR count). The Labute approximate surface area is 263 Å². The summed E-state index contributed by atoms with van der Waals surface area (Å²) in [6, 6.07) is 0. The Balaban J connectivity index is 4.16. The minimum absolute atomic E-state index is 0.233. The quantitative estimate of drug-likeness (QED) is 0.0549. The molecule has 0 saturated carbocycles. The van der Waals surface area contributed by atoms with E-state index in [-0.39, 0.29) is 11.9 Å². The summed E-state index contributed by atoms with van der Waals surface area (Å²) in [6.45, 7) is 7.19. The molecule has 0 bridgehead atoms. The van der Waals surface area contributed by atoms with E-state index in [4.69, 9.17) is 9.47 Å². The fourth-order valence-corrected chi connectivity index (χ4v) is 5.69. The van der Waals surface area contributed by atoms with E-state index in [0.717, 1.165) is 38.5 Å². The maximum Gasteiger partial charge on any atom is 0.347 e. The van der Waals surface area contributed by atoms with Crippen LogP contribution in [0.15, 0.2) is 0 Å². The van der Waals surface area contributed by atoms with Gasteiger partial charge < -0.3 is 9.47 Å². The third kappa shape index (κ3) is 30.4. The van der Waals surface area contributed by atoms with Gasteiger partial charge in [0.15, 0.2) is 6.10 Å². The second kappa shape index (κ2) is 34.4. The van der Waals surface area contributed by atoms with Crippen molar-refractivity contribution in [2.45, 2.75) is 226 Å². The molecule has 0 amide bonds. The first-order valence-electron chi connectivity index (χ1n) is 19.0. The van der Waals surface area contributed by atoms with Crippen molar-refractivity contribution < 1.29 is 19.1 Å². The van der Waals surface area contributed by atoms with E-state index in [2.05, 4.69) is 20.8 Å². The zero-order valence-corrected chi connectivity index (χ0v) is 28.8. The molecule has 4 nitrogen and oxygen atoms in total. The monoisotopic (exact) mass is 595 g/mol. The summed E-state index contributed by atoms with van der Waals surface area (Å²) in [4.78, 5) is 25.4. The van der Waals surface area contributed by atoms with E-state index in [1.54, 1.807) is 0 Å². The van der Waals surface area contributed by atoms with Crippen LogP contribution in [0.4, 0.5) is 0 Å². The van der Waals surface area contributed by atoms with Crippen molar-refractivity contribution in [2.75, 3.05) is 6.61 Å². The predicted octanol–water partition coefficient (Wildman–Crippen LogP) is 12.6. The maximum atomic E-state index is 12.8. The van der Waals surface area contributed by atoms with Crippen LogP contribution in [0.5, 0.6) is 0 Å². The summed E-state index contributed by atoms with van der Waals surface area (Å²) >= 11 is 0. The molecule has 42 heavy (non-hydrogen) atoms. The molecule has 250 valence electrons. The third-order valence-electron chi connectivity index (χ3n) is 8.58. The van der Waals surface area contributed by atoms with E-state index in [1.165, 1.54) is 148 Å². The number of hydrogen-bond acceptors (Lipinski definition) is 4. The van der Waals surface area contributed by atoms with Gasteiger partial charge in [0.1, 0.15) is 0 Å². The van der Waals surface area contributed by atoms with Crippen LogP contribution in [0.2, 0.25) is 0 Å². The first-order chi connectivity index (χ1) is 20.7. The lowest BCUT2D eigenvalue weighted by molar-refractivity contribution is -0.168. The van der Waals surface area contributed by atoms with E-state index >= 15 is 0 Å². The lowest BCUT2D eigenvalue weighted by atomic mass is 10.0. The Morgan fingerprint density at radius 3 is 1.17 bits per heavy atom. The molecule has 0 aliphatic heterocycles. The lowest BCUT2D eigenvalue weighted by Gasteiger charge is -2.17. The molecular formula is C38H74O4. The Kier molecular flexibility index (Phi) is 33.6. The Bertz CT molecular complexity index is 561. The van der Waals surface area contributed by atoms with Gasteiger partial charge in [-0.3, -0.25) is 4.79 Å². The van der Waals surface area contributed by atoms with Crippen LogP contribution >= 0.6 is 0 Å². The van der Waals surface area contributed by atoms with Crippen LogP contribution in [0.25, 0.3) is 0 Å². The highest BCUT2D eigenvalue weighted by atomic mass is 16.6. The Morgan fingerprint density at radius 2 is 0.762 bits per heavy atom. The zero-order chi connectivity index (χ0) is 30.8. The summed E-state index contributed by atoms with van der Waals surface area (Å²) in [7, 11) is 0. The summed E-state index contributed by atoms with van der Waals surface area (Å²) in [6.07, 6.45) is 36.4. The summed E-state index contributed by atoms with van der Waals surface area (Å²) in [5, 5.41) is 0. The van der Waals surface area contributed by atoms with Gasteiger partial charge in [0.2, 0.25) is 0 Å². The minimum Gasteiger partial charge on any atom is -0.463 e. The van der Waals surface area contributed by atoms with E-state index in [1.807, 2.05) is 0 Å². The van der Waals surface area contributed by atoms with Gasteiger partial charge in [-0.25, -0.2) is 4.79 Å². The first-order valence-corrected chi connectivity index (χ1v) is 19.0. The molecule has 0 fully saturated rings. The van der Waals surface area contributed by atoms with Crippen molar-refractivity contribution in [3.63, 3.8) is 0 Å². The number of carbonyl (C=O) groups excluding carboxylic acids is 2. The van der Waals surface area contributed by atoms with Gasteiger partial charge in [-0.05, 0) is 25.7 Å². The van der Waals surface area contributed by atoms with Crippen molar-refractivity contribution in [1.82, 2.24) is 0 Å². The molecule has 0 aliphatic rings. The van der Waals surface area contributed by atoms with Crippen LogP contribution in [-0.4, -0.2) is 24.6 Å². The van der Waals surface area contributed by atoms with Gasteiger partial charge in [0.25, 0.3) is 0 Å². The maximum absolute atomic E-state index is 12.8. The van der Waals surface area contributed by atoms with E-state index < -0.39 is 6.10 Å². The Hall–Kier alpha value is -1.06. The number of carbonyl (C=O) groups is 2. The number of ether oxygens (including phenoxy) is 2. The predicted molar refractivity (Wildman–Crippen MR) is 181 cm³/mol. The Morgan fingerprint density at radius 1 is 0.429 bits per heavy atom. The largest absolute Gasteiger partial charge is 0.463 e. The van der Waals surface area contributed by atoms with Crippen molar-refractivity contribution in [2.24, 2.45) is 0 Å². The second-order valence-electron chi connectivity index (χ2n) is 12.9. The first kappa shape index (κ1) is 40.9. The van der Waals surface area contributed by atoms with Gasteiger partial charge in [-0.15, -0.1) is 0 Å². The van der Waals surface area contributed by atoms with Crippen LogP contribution in [0.3, 0.4) is 0 Å². The van der Waals surface area contributed by atoms with Crippen LogP contribution in [0, 0.1) is 0 Å². The average Bonchev–Trinajstić information content (AvgIpc) is 2.99. The van der Waals surface area contributed by atoms with Crippen LogP contribution < -0.4 is 0 Å². The summed E-state index contributed by atoms with van der Waals surface area (Å²) in [5.41, 5.74) is 0. The van der Waals surface area contributed by atoms with E-state index in [9.17, 15) is 9.59 Å². The normalized spacial score (nSPS) is 12.0. The molecule has 0 spiro atoms. The average molecular weight is 595 g/mol. The standard InChI is InChI=1S/C38H74O4/c1-4-7-10-13-16-18-19-20-21-22-23-25-27-30-33-36(42-37(39)34-31-28-24-15-12-9-6-3)38(40)41-35-32-29-26-17-14-11-8-5-2/h36H,4-35H2,1-3H3. The molecule has 1 atom stereocenters. The van der Waals surface area contributed by atoms with Gasteiger partial charge in [-0.1, -0.05) is 188 Å². The molecule has 0 saturated heterocycles. The number of hydrogen-bond donors (Lipinski definition) is 0. The van der Waals surface area contributed by atoms with Crippen molar-refractivity contribution in [3.8, 4) is 0 Å². The SMILES string of the molecule is CCCCCCCCCCCCCCCCC(OC(=O)CCCCCCCCC)C(=O)OCCCCCCCCCC. The number of unbranched alkanes of at least 4 members (excludes halogenated alkanes) is 26. The summed E-state index contributed by atoms with van der Waals surface area (Å²) < 4.78 is 11.3. The van der Waals surface area contributed by atoms with Gasteiger partial charge >= 0.3 is 11.9 Å². The lowest BCUT2D eigenvalue weighted by Crippen LogP contribution is -2.29. The van der Waals surface area contributed by atoms with Crippen molar-refractivity contribution >= 4 is 11.9 Å². The van der Waals surface area contributed by atoms with Gasteiger partial charge in [0, 0.05) is 6.42 Å². The van der Waals surface area contributed by atoms with Crippen molar-refractivity contribution in [1.29, 1.82) is 0 Å². The summed E-state index contributed by atoms with van der Waals surface area (Å²) in [5.74, 6) is -0.566. The number of esters is 2.